The van der Waals surface area contributed by atoms with Crippen LogP contribution in [0.25, 0.3) is 11.3 Å². The van der Waals surface area contributed by atoms with E-state index < -0.39 is 10.0 Å². The smallest absolute Gasteiger partial charge is 0.254 e. The topological polar surface area (TPSA) is 127 Å². The van der Waals surface area contributed by atoms with E-state index in [-0.39, 0.29) is 23.1 Å². The van der Waals surface area contributed by atoms with Crippen molar-refractivity contribution in [1.29, 1.82) is 0 Å². The molecule has 11 heteroatoms. The van der Waals surface area contributed by atoms with Crippen molar-refractivity contribution in [3.63, 3.8) is 0 Å². The minimum absolute atomic E-state index is 0.0495. The Labute approximate surface area is 203 Å². The first-order chi connectivity index (χ1) is 16.9. The zero-order valence-electron chi connectivity index (χ0n) is 19.3. The molecule has 1 aliphatic carbocycles. The summed E-state index contributed by atoms with van der Waals surface area (Å²) >= 11 is 0. The SMILES string of the molecule is CCOc1cncc(-c2ccc(C(=O)N3CCC[C@H]3c3ccnc(NS(=O)(=O)C4CC4)n3)cc2)n1. The van der Waals surface area contributed by atoms with Gasteiger partial charge in [-0.25, -0.2) is 23.4 Å². The van der Waals surface area contributed by atoms with Gasteiger partial charge in [-0.2, -0.15) is 0 Å². The van der Waals surface area contributed by atoms with E-state index in [1.54, 1.807) is 35.5 Å². The predicted octanol–water partition coefficient (Wildman–Crippen LogP) is 3.21. The number of nitrogens with one attached hydrogen (secondary N) is 1. The average Bonchev–Trinajstić information content (AvgIpc) is 3.62. The zero-order chi connectivity index (χ0) is 24.4. The van der Waals surface area contributed by atoms with Gasteiger partial charge in [0.05, 0.1) is 41.7 Å². The predicted molar refractivity (Wildman–Crippen MR) is 129 cm³/mol. The van der Waals surface area contributed by atoms with E-state index in [4.69, 9.17) is 4.74 Å². The molecule has 1 aliphatic heterocycles. The van der Waals surface area contributed by atoms with Crippen LogP contribution < -0.4 is 9.46 Å². The highest BCUT2D eigenvalue weighted by molar-refractivity contribution is 7.93. The first kappa shape index (κ1) is 23.2. The quantitative estimate of drug-likeness (QED) is 0.506. The average molecular weight is 495 g/mol. The summed E-state index contributed by atoms with van der Waals surface area (Å²) in [6, 6.07) is 8.72. The molecule has 182 valence electrons. The van der Waals surface area contributed by atoms with Crippen molar-refractivity contribution in [3.05, 3.63) is 60.2 Å². The molecule has 1 saturated heterocycles. The Morgan fingerprint density at radius 1 is 1.11 bits per heavy atom. The monoisotopic (exact) mass is 494 g/mol. The number of anilines is 1. The van der Waals surface area contributed by atoms with Crippen LogP contribution in [0.4, 0.5) is 5.95 Å². The van der Waals surface area contributed by atoms with Crippen LogP contribution in [0.15, 0.2) is 48.9 Å². The van der Waals surface area contributed by atoms with Crippen molar-refractivity contribution in [2.24, 2.45) is 0 Å². The number of ether oxygens (including phenoxy) is 1. The van der Waals surface area contributed by atoms with Gasteiger partial charge < -0.3 is 9.64 Å². The summed E-state index contributed by atoms with van der Waals surface area (Å²) in [7, 11) is -3.46. The summed E-state index contributed by atoms with van der Waals surface area (Å²) in [6.45, 7) is 2.98. The van der Waals surface area contributed by atoms with Crippen molar-refractivity contribution in [2.45, 2.75) is 43.9 Å². The summed E-state index contributed by atoms with van der Waals surface area (Å²) < 4.78 is 32.4. The first-order valence-electron chi connectivity index (χ1n) is 11.7. The maximum Gasteiger partial charge on any atom is 0.254 e. The number of sulfonamides is 1. The lowest BCUT2D eigenvalue weighted by molar-refractivity contribution is 0.0733. The molecular weight excluding hydrogens is 468 g/mol. The van der Waals surface area contributed by atoms with E-state index in [0.29, 0.717) is 48.8 Å². The standard InChI is InChI=1S/C24H26N6O4S/c1-2-34-22-15-25-14-20(27-22)16-5-7-17(8-6-16)23(31)30-13-3-4-21(30)19-11-12-26-24(28-19)29-35(32,33)18-9-10-18/h5-8,11-12,14-15,18,21H,2-4,9-10,13H2,1H3,(H,26,28,29)/t21-/m0/s1. The molecule has 1 N–H and O–H groups in total. The minimum atomic E-state index is -3.46. The van der Waals surface area contributed by atoms with Crippen molar-refractivity contribution in [3.8, 4) is 17.1 Å². The van der Waals surface area contributed by atoms with Gasteiger partial charge in [0, 0.05) is 23.9 Å². The third-order valence-corrected chi connectivity index (χ3v) is 7.88. The number of hydrogen-bond donors (Lipinski definition) is 1. The van der Waals surface area contributed by atoms with Crippen LogP contribution in [-0.4, -0.2) is 57.6 Å². The highest BCUT2D eigenvalue weighted by Crippen LogP contribution is 2.33. The lowest BCUT2D eigenvalue weighted by Crippen LogP contribution is -2.31. The highest BCUT2D eigenvalue weighted by atomic mass is 32.2. The van der Waals surface area contributed by atoms with E-state index in [9.17, 15) is 13.2 Å². The van der Waals surface area contributed by atoms with Gasteiger partial charge in [-0.3, -0.25) is 14.5 Å². The maximum absolute atomic E-state index is 13.4. The molecule has 3 aromatic rings. The van der Waals surface area contributed by atoms with Crippen LogP contribution in [-0.2, 0) is 10.0 Å². The summed E-state index contributed by atoms with van der Waals surface area (Å²) in [4.78, 5) is 32.2. The van der Waals surface area contributed by atoms with Gasteiger partial charge in [0.15, 0.2) is 0 Å². The molecule has 0 spiro atoms. The van der Waals surface area contributed by atoms with Crippen LogP contribution in [0.3, 0.4) is 0 Å². The number of amides is 1. The van der Waals surface area contributed by atoms with Gasteiger partial charge in [-0.1, -0.05) is 12.1 Å². The number of carbonyl (C=O) groups excluding carboxylic acids is 1. The highest BCUT2D eigenvalue weighted by Gasteiger charge is 2.37. The molecule has 5 rings (SSSR count). The molecule has 3 heterocycles. The lowest BCUT2D eigenvalue weighted by Gasteiger charge is -2.24. The van der Waals surface area contributed by atoms with E-state index in [0.717, 1.165) is 18.4 Å². The molecule has 2 aliphatic rings. The molecule has 0 radical (unpaired) electrons. The second-order valence-electron chi connectivity index (χ2n) is 8.56. The zero-order valence-corrected chi connectivity index (χ0v) is 20.1. The van der Waals surface area contributed by atoms with E-state index in [2.05, 4.69) is 24.7 Å². The molecule has 0 bridgehead atoms. The fourth-order valence-electron chi connectivity index (χ4n) is 4.17. The number of carbonyl (C=O) groups is 1. The number of benzene rings is 1. The number of rotatable bonds is 8. The second kappa shape index (κ2) is 9.57. The minimum Gasteiger partial charge on any atom is -0.477 e. The lowest BCUT2D eigenvalue weighted by atomic mass is 10.1. The Morgan fingerprint density at radius 2 is 1.91 bits per heavy atom. The molecule has 1 aromatic carbocycles. The molecule has 35 heavy (non-hydrogen) atoms. The molecular formula is C24H26N6O4S. The Morgan fingerprint density at radius 3 is 2.66 bits per heavy atom. The molecule has 0 unspecified atom stereocenters. The van der Waals surface area contributed by atoms with Crippen molar-refractivity contribution in [1.82, 2.24) is 24.8 Å². The molecule has 1 saturated carbocycles. The third kappa shape index (κ3) is 5.09. The van der Waals surface area contributed by atoms with E-state index in [1.807, 2.05) is 19.1 Å². The van der Waals surface area contributed by atoms with Crippen LogP contribution in [0, 0.1) is 0 Å². The molecule has 1 amide bonds. The summed E-state index contributed by atoms with van der Waals surface area (Å²) in [5.41, 5.74) is 2.67. The van der Waals surface area contributed by atoms with Crippen LogP contribution in [0.1, 0.15) is 54.7 Å². The summed E-state index contributed by atoms with van der Waals surface area (Å²) in [5.74, 6) is 0.397. The molecule has 2 aromatic heterocycles. The van der Waals surface area contributed by atoms with Crippen LogP contribution >= 0.6 is 0 Å². The van der Waals surface area contributed by atoms with Gasteiger partial charge in [0.25, 0.3) is 5.91 Å². The van der Waals surface area contributed by atoms with Gasteiger partial charge in [0.2, 0.25) is 21.9 Å². The Bertz CT molecular complexity index is 1330. The second-order valence-corrected chi connectivity index (χ2v) is 10.5. The fraction of sp³-hybridized carbons (Fsp3) is 0.375. The largest absolute Gasteiger partial charge is 0.477 e. The maximum atomic E-state index is 13.4. The van der Waals surface area contributed by atoms with Gasteiger partial charge >= 0.3 is 0 Å². The molecule has 2 fully saturated rings. The molecule has 10 nitrogen and oxygen atoms in total. The Hall–Kier alpha value is -3.60. The van der Waals surface area contributed by atoms with Crippen LogP contribution in [0.5, 0.6) is 5.88 Å². The summed E-state index contributed by atoms with van der Waals surface area (Å²) in [5, 5.41) is -0.366. The van der Waals surface area contributed by atoms with Gasteiger partial charge in [0.1, 0.15) is 0 Å². The van der Waals surface area contributed by atoms with Crippen molar-refractivity contribution < 1.29 is 17.9 Å². The van der Waals surface area contributed by atoms with E-state index in [1.165, 1.54) is 6.20 Å². The number of hydrogen-bond acceptors (Lipinski definition) is 8. The van der Waals surface area contributed by atoms with Crippen LogP contribution in [0.2, 0.25) is 0 Å². The third-order valence-electron chi connectivity index (χ3n) is 6.06. The van der Waals surface area contributed by atoms with Gasteiger partial charge in [-0.05, 0) is 50.8 Å². The Balaban J connectivity index is 1.32. The van der Waals surface area contributed by atoms with Crippen molar-refractivity contribution >= 4 is 21.9 Å². The van der Waals surface area contributed by atoms with Gasteiger partial charge in [-0.15, -0.1) is 0 Å². The number of nitrogens with zero attached hydrogens (tertiary/aromatic N) is 5. The number of aromatic nitrogens is 4. The van der Waals surface area contributed by atoms with E-state index >= 15 is 0 Å². The molecule has 1 atom stereocenters. The fourth-order valence-corrected chi connectivity index (χ4v) is 5.44. The normalized spacial score (nSPS) is 17.9. The summed E-state index contributed by atoms with van der Waals surface area (Å²) in [6.07, 6.45) is 7.64. The first-order valence-corrected chi connectivity index (χ1v) is 13.2. The number of likely N-dealkylation sites (tertiary alicyclic amines) is 1. The van der Waals surface area contributed by atoms with Crippen molar-refractivity contribution in [2.75, 3.05) is 17.9 Å². The Kier molecular flexibility index (Phi) is 6.33.